The quantitative estimate of drug-likeness (QED) is 0.0233. The number of rotatable bonds is 45. The van der Waals surface area contributed by atoms with Gasteiger partial charge in [-0.2, -0.15) is 0 Å². The Balaban J connectivity index is 1.48. The Labute approximate surface area is 611 Å². The number of hydrogen-bond donors (Lipinski definition) is 18. The lowest BCUT2D eigenvalue weighted by molar-refractivity contribution is -0.139. The van der Waals surface area contributed by atoms with Crippen molar-refractivity contribution in [2.45, 2.75) is 206 Å². The minimum atomic E-state index is -1.68. The number of hydrogen-bond acceptors (Lipinski definition) is 17. The van der Waals surface area contributed by atoms with E-state index in [2.05, 4.69) is 68.8 Å². The number of benzene rings is 3. The molecule has 32 heteroatoms. The summed E-state index contributed by atoms with van der Waals surface area (Å²) in [5.41, 5.74) is 20.3. The number of H-pyrrole nitrogens is 1. The largest absolute Gasteiger partial charge is 0.481 e. The van der Waals surface area contributed by atoms with E-state index in [1.165, 1.54) is 13.8 Å². The van der Waals surface area contributed by atoms with Crippen LogP contribution in [0.15, 0.2) is 91.1 Å². The summed E-state index contributed by atoms with van der Waals surface area (Å²) in [6, 6.07) is 8.65. The first-order valence-corrected chi connectivity index (χ1v) is 35.4. The van der Waals surface area contributed by atoms with Crippen molar-refractivity contribution in [3.63, 3.8) is 0 Å². The Morgan fingerprint density at radius 3 is 1.42 bits per heavy atom. The predicted octanol–water partition coefficient (Wildman–Crippen LogP) is -1.11. The first-order chi connectivity index (χ1) is 49.6. The summed E-state index contributed by atoms with van der Waals surface area (Å²) in [6.45, 7) is 14.9. The maximum absolute atomic E-state index is 14.8. The highest BCUT2D eigenvalue weighted by Crippen LogP contribution is 2.21. The second-order valence-corrected chi connectivity index (χ2v) is 27.7. The summed E-state index contributed by atoms with van der Waals surface area (Å²) >= 11 is 0. The van der Waals surface area contributed by atoms with E-state index in [-0.39, 0.29) is 63.3 Å². The third kappa shape index (κ3) is 29.7. The van der Waals surface area contributed by atoms with Crippen molar-refractivity contribution < 1.29 is 77.3 Å². The summed E-state index contributed by atoms with van der Waals surface area (Å²) in [5.74, 6) is -14.1. The summed E-state index contributed by atoms with van der Waals surface area (Å²) < 4.78 is 0. The number of nitrogens with one attached hydrogen (secondary N) is 13. The van der Waals surface area contributed by atoms with Crippen LogP contribution in [0.3, 0.4) is 0 Å². The van der Waals surface area contributed by atoms with Crippen molar-refractivity contribution >= 4 is 93.7 Å². The van der Waals surface area contributed by atoms with Gasteiger partial charge in [0.2, 0.25) is 76.8 Å². The van der Waals surface area contributed by atoms with Crippen molar-refractivity contribution in [2.75, 3.05) is 19.7 Å². The number of carbonyl (C=O) groups is 14. The fourth-order valence-electron chi connectivity index (χ4n) is 11.2. The van der Waals surface area contributed by atoms with Gasteiger partial charge in [0, 0.05) is 36.4 Å². The highest BCUT2D eigenvalue weighted by atomic mass is 16.4. The van der Waals surface area contributed by atoms with Crippen LogP contribution in [0.2, 0.25) is 0 Å². The maximum Gasteiger partial charge on any atom is 0.303 e. The maximum atomic E-state index is 14.8. The molecule has 4 aromatic rings. The molecule has 0 aliphatic heterocycles. The second kappa shape index (κ2) is 43.7. The third-order valence-corrected chi connectivity index (χ3v) is 17.1. The Hall–Kier alpha value is -10.3. The van der Waals surface area contributed by atoms with Gasteiger partial charge in [-0.1, -0.05) is 134 Å². The van der Waals surface area contributed by atoms with E-state index in [9.17, 15) is 77.3 Å². The molecule has 0 bridgehead atoms. The van der Waals surface area contributed by atoms with Gasteiger partial charge in [-0.15, -0.1) is 0 Å². The van der Waals surface area contributed by atoms with Crippen LogP contribution in [-0.2, 0) is 86.4 Å². The first kappa shape index (κ1) is 87.1. The second-order valence-electron chi connectivity index (χ2n) is 27.7. The number of primary amides is 1. The van der Waals surface area contributed by atoms with Crippen LogP contribution in [0.4, 0.5) is 0 Å². The summed E-state index contributed by atoms with van der Waals surface area (Å²) in [7, 11) is 0. The SMILES string of the molecule is CC(C)C[C@H](NC(=O)[C@H](C)NC(=O)CNC(=O)[C@H](CC(C)C)NC(=O)[C@@H](N)Cc1ccccc1)C(=O)N[C@@H](Cc1c[nH]c2ccccc12)C(=O)N[C@@H](CCC(=O)O)C(=O)N[C@H](C(=O)N[C@@H](C)C(=O)N[C@@H](CCCCN)C(=O)N[C@@H](CO)C(=O)N[C@H](C(=O)N[C@@H](Cc1ccccc1)C(N)=O)C(C)C)C(C)C. The molecule has 0 aliphatic rings. The van der Waals surface area contributed by atoms with E-state index < -0.39 is 193 Å². The highest BCUT2D eigenvalue weighted by Gasteiger charge is 2.37. The number of unbranched alkanes of at least 4 members (excludes halogenated alkanes) is 1. The molecular formula is C73H108N16O16. The van der Waals surface area contributed by atoms with Crippen LogP contribution in [0, 0.1) is 23.7 Å². The van der Waals surface area contributed by atoms with Gasteiger partial charge in [-0.05, 0) is 112 Å². The van der Waals surface area contributed by atoms with Gasteiger partial charge in [0.05, 0.1) is 19.2 Å². The molecule has 105 heavy (non-hydrogen) atoms. The normalized spacial score (nSPS) is 14.8. The molecule has 576 valence electrons. The van der Waals surface area contributed by atoms with Crippen LogP contribution in [0.5, 0.6) is 0 Å². The number of aromatic nitrogens is 1. The summed E-state index contributed by atoms with van der Waals surface area (Å²) in [5, 5.41) is 51.6. The topological polar surface area (TPSA) is 518 Å². The molecule has 0 fully saturated rings. The summed E-state index contributed by atoms with van der Waals surface area (Å²) in [6.07, 6.45) is 1.32. The van der Waals surface area contributed by atoms with Crippen molar-refractivity contribution in [2.24, 2.45) is 40.9 Å². The lowest BCUT2D eigenvalue weighted by atomic mass is 9.99. The number of aliphatic hydroxyl groups excluding tert-OH is 1. The minimum Gasteiger partial charge on any atom is -0.481 e. The lowest BCUT2D eigenvalue weighted by Gasteiger charge is -2.29. The molecule has 12 atom stereocenters. The molecule has 1 heterocycles. The zero-order valence-electron chi connectivity index (χ0n) is 61.4. The van der Waals surface area contributed by atoms with Gasteiger partial charge >= 0.3 is 5.97 Å². The predicted molar refractivity (Wildman–Crippen MR) is 391 cm³/mol. The van der Waals surface area contributed by atoms with Crippen molar-refractivity contribution in [3.8, 4) is 0 Å². The average Bonchev–Trinajstić information content (AvgIpc) is 1.75. The third-order valence-electron chi connectivity index (χ3n) is 17.1. The fourth-order valence-corrected chi connectivity index (χ4v) is 11.2. The number of carbonyl (C=O) groups excluding carboxylic acids is 13. The Morgan fingerprint density at radius 1 is 0.438 bits per heavy atom. The van der Waals surface area contributed by atoms with Crippen LogP contribution < -0.4 is 81.0 Å². The molecule has 4 rings (SSSR count). The van der Waals surface area contributed by atoms with E-state index in [4.69, 9.17) is 17.2 Å². The monoisotopic (exact) mass is 1460 g/mol. The van der Waals surface area contributed by atoms with E-state index in [1.54, 1.807) is 102 Å². The Bertz CT molecular complexity index is 3590. The van der Waals surface area contributed by atoms with E-state index in [0.717, 1.165) is 5.56 Å². The molecule has 0 saturated carbocycles. The lowest BCUT2D eigenvalue weighted by Crippen LogP contribution is -2.61. The minimum absolute atomic E-state index is 0.00892. The van der Waals surface area contributed by atoms with Gasteiger partial charge in [-0.3, -0.25) is 67.1 Å². The van der Waals surface area contributed by atoms with E-state index in [1.807, 2.05) is 44.2 Å². The Kier molecular flexibility index (Phi) is 36.2. The molecule has 1 aromatic heterocycles. The standard InChI is InChI=1S/C73H108N16O16/c1-39(2)31-54(85-65(97)49(75)33-45-21-13-11-14-22-45)66(98)78-37-58(91)79-43(9)63(95)84-55(32-40(3)4)69(101)86-56(35-47-36-77-50-26-18-17-25-48(47)50)70(102)82-52(28-29-59(92)93)68(100)88-60(41(5)6)72(104)80-44(10)64(96)81-51(27-19-20-30-74)67(99)87-57(38-90)71(103)89-61(42(7)8)73(105)83-53(62(76)94)34-46-23-15-12-16-24-46/h11-18,21-26,36,39-44,49,51-57,60-61,77,90H,19-20,27-35,37-38,74-75H2,1-10H3,(H2,76,94)(H,78,98)(H,79,91)(H,80,104)(H,81,96)(H,82,102)(H,83,105)(H,84,95)(H,85,97)(H,86,101)(H,87,99)(H,88,100)(H,89,103)(H,92,93)/t43-,44-,49-,51-,52-,53-,54-,55-,56-,57-,60-,61-/m0/s1. The molecular weight excluding hydrogens is 1360 g/mol. The number of fused-ring (bicyclic) bond motifs is 1. The highest BCUT2D eigenvalue weighted by molar-refractivity contribution is 6.00. The zero-order chi connectivity index (χ0) is 78.2. The smallest absolute Gasteiger partial charge is 0.303 e. The molecule has 0 radical (unpaired) electrons. The molecule has 21 N–H and O–H groups in total. The number of carboxylic acids is 1. The van der Waals surface area contributed by atoms with E-state index in [0.29, 0.717) is 28.5 Å². The molecule has 0 spiro atoms. The zero-order valence-corrected chi connectivity index (χ0v) is 61.4. The van der Waals surface area contributed by atoms with Crippen molar-refractivity contribution in [1.82, 2.24) is 68.8 Å². The molecule has 13 amide bonds. The average molecular weight is 1470 g/mol. The van der Waals surface area contributed by atoms with Gasteiger partial charge < -0.3 is 96.2 Å². The first-order valence-electron chi connectivity index (χ1n) is 35.4. The van der Waals surface area contributed by atoms with Crippen LogP contribution in [0.25, 0.3) is 10.9 Å². The summed E-state index contributed by atoms with van der Waals surface area (Å²) in [4.78, 5) is 194. The number of para-hydroxylation sites is 1. The van der Waals surface area contributed by atoms with Crippen molar-refractivity contribution in [1.29, 1.82) is 0 Å². The van der Waals surface area contributed by atoms with Gasteiger partial charge in [0.15, 0.2) is 0 Å². The van der Waals surface area contributed by atoms with Gasteiger partial charge in [0.1, 0.15) is 66.5 Å². The number of aromatic amines is 1. The van der Waals surface area contributed by atoms with Crippen LogP contribution >= 0.6 is 0 Å². The Morgan fingerprint density at radius 2 is 0.876 bits per heavy atom. The number of aliphatic carboxylic acids is 1. The number of carboxylic acid groups (broad SMARTS) is 1. The molecule has 3 aromatic carbocycles. The van der Waals surface area contributed by atoms with Crippen LogP contribution in [-0.4, -0.2) is 190 Å². The number of amides is 13. The molecule has 32 nitrogen and oxygen atoms in total. The number of nitrogens with two attached hydrogens (primary N) is 3. The van der Waals surface area contributed by atoms with E-state index >= 15 is 0 Å². The van der Waals surface area contributed by atoms with Gasteiger partial charge in [0.25, 0.3) is 0 Å². The fraction of sp³-hybridized carbons (Fsp3) is 0.534. The van der Waals surface area contributed by atoms with Crippen molar-refractivity contribution in [3.05, 3.63) is 108 Å². The van der Waals surface area contributed by atoms with Gasteiger partial charge in [-0.25, -0.2) is 0 Å². The molecule has 0 aliphatic carbocycles. The molecule has 0 unspecified atom stereocenters. The van der Waals surface area contributed by atoms with Crippen LogP contribution in [0.1, 0.15) is 131 Å². The number of aliphatic hydroxyl groups is 1. The molecule has 0 saturated heterocycles.